The zero-order valence-corrected chi connectivity index (χ0v) is 17.0. The molecule has 1 fully saturated rings. The molecule has 0 spiro atoms. The maximum atomic E-state index is 13.0. The first-order chi connectivity index (χ1) is 14.6. The summed E-state index contributed by atoms with van der Waals surface area (Å²) in [4.78, 5) is 17.1. The minimum atomic E-state index is -3.78. The van der Waals surface area contributed by atoms with E-state index < -0.39 is 15.9 Å². The van der Waals surface area contributed by atoms with Gasteiger partial charge in [-0.1, -0.05) is 18.2 Å². The van der Waals surface area contributed by atoms with Gasteiger partial charge in [-0.05, 0) is 29.8 Å². The average Bonchev–Trinajstić information content (AvgIpc) is 3.33. The number of hydrogen-bond donors (Lipinski definition) is 1. The molecule has 1 aromatic carbocycles. The largest absolute Gasteiger partial charge is 0.379 e. The van der Waals surface area contributed by atoms with Gasteiger partial charge in [-0.15, -0.1) is 0 Å². The van der Waals surface area contributed by atoms with Crippen LogP contribution in [0.3, 0.4) is 0 Å². The predicted molar refractivity (Wildman–Crippen MR) is 109 cm³/mol. The van der Waals surface area contributed by atoms with Crippen LogP contribution in [0.25, 0.3) is 5.82 Å². The first-order valence-electron chi connectivity index (χ1n) is 9.46. The van der Waals surface area contributed by atoms with Gasteiger partial charge in [-0.25, -0.2) is 18.1 Å². The summed E-state index contributed by atoms with van der Waals surface area (Å²) in [6.45, 7) is 1.44. The predicted octanol–water partition coefficient (Wildman–Crippen LogP) is 1.22. The van der Waals surface area contributed by atoms with Gasteiger partial charge in [0.25, 0.3) is 5.91 Å². The van der Waals surface area contributed by atoms with E-state index in [1.807, 2.05) is 6.07 Å². The third-order valence-corrected chi connectivity index (χ3v) is 6.68. The van der Waals surface area contributed by atoms with Gasteiger partial charge in [0.05, 0.1) is 23.7 Å². The summed E-state index contributed by atoms with van der Waals surface area (Å²) < 4.78 is 34.2. The normalized spacial score (nSPS) is 15.1. The van der Waals surface area contributed by atoms with Crippen molar-refractivity contribution in [3.8, 4) is 5.82 Å². The number of rotatable bonds is 6. The summed E-state index contributed by atoms with van der Waals surface area (Å²) in [6.07, 6.45) is 5.10. The number of carbonyl (C=O) groups is 1. The van der Waals surface area contributed by atoms with Crippen molar-refractivity contribution in [2.45, 2.75) is 11.4 Å². The molecule has 1 amide bonds. The summed E-state index contributed by atoms with van der Waals surface area (Å²) in [5, 5.41) is 6.89. The van der Waals surface area contributed by atoms with Crippen LogP contribution in [0.5, 0.6) is 0 Å². The Labute approximate surface area is 174 Å². The second kappa shape index (κ2) is 8.74. The van der Waals surface area contributed by atoms with Crippen molar-refractivity contribution in [2.24, 2.45) is 0 Å². The molecule has 0 aliphatic carbocycles. The fourth-order valence-corrected chi connectivity index (χ4v) is 4.74. The molecule has 1 aliphatic rings. The van der Waals surface area contributed by atoms with Crippen LogP contribution in [0.15, 0.2) is 66.0 Å². The lowest BCUT2D eigenvalue weighted by molar-refractivity contribution is 0.0730. The van der Waals surface area contributed by atoms with Crippen molar-refractivity contribution in [2.75, 3.05) is 26.3 Å². The molecule has 156 valence electrons. The Hall–Kier alpha value is -3.08. The van der Waals surface area contributed by atoms with Crippen LogP contribution in [-0.4, -0.2) is 59.7 Å². The highest BCUT2D eigenvalue weighted by molar-refractivity contribution is 7.89. The number of ether oxygens (including phenoxy) is 1. The number of carbonyl (C=O) groups excluding carboxylic acids is 1. The highest BCUT2D eigenvalue weighted by Gasteiger charge is 2.30. The van der Waals surface area contributed by atoms with Crippen LogP contribution >= 0.6 is 0 Å². The van der Waals surface area contributed by atoms with Gasteiger partial charge in [0.2, 0.25) is 10.0 Å². The average molecular weight is 427 g/mol. The number of nitrogens with one attached hydrogen (secondary N) is 1. The molecular weight excluding hydrogens is 406 g/mol. The first kappa shape index (κ1) is 20.2. The molecule has 2 aromatic heterocycles. The second-order valence-electron chi connectivity index (χ2n) is 6.67. The highest BCUT2D eigenvalue weighted by atomic mass is 32.2. The summed E-state index contributed by atoms with van der Waals surface area (Å²) in [5.74, 6) is 0.204. The van der Waals surface area contributed by atoms with Crippen LogP contribution in [0, 0.1) is 0 Å². The van der Waals surface area contributed by atoms with E-state index in [4.69, 9.17) is 4.74 Å². The van der Waals surface area contributed by atoms with Gasteiger partial charge < -0.3 is 10.1 Å². The van der Waals surface area contributed by atoms with Gasteiger partial charge in [0.1, 0.15) is 0 Å². The van der Waals surface area contributed by atoms with E-state index in [0.717, 1.165) is 5.56 Å². The topological polar surface area (TPSA) is 106 Å². The van der Waals surface area contributed by atoms with E-state index in [0.29, 0.717) is 19.0 Å². The molecule has 0 atom stereocenters. The van der Waals surface area contributed by atoms with E-state index >= 15 is 0 Å². The molecular formula is C20H21N5O4S. The quantitative estimate of drug-likeness (QED) is 0.634. The van der Waals surface area contributed by atoms with Crippen molar-refractivity contribution >= 4 is 15.9 Å². The second-order valence-corrected chi connectivity index (χ2v) is 8.58. The van der Waals surface area contributed by atoms with E-state index in [9.17, 15) is 13.2 Å². The molecule has 0 bridgehead atoms. The summed E-state index contributed by atoms with van der Waals surface area (Å²) in [7, 11) is -3.78. The smallest absolute Gasteiger partial charge is 0.252 e. The Balaban J connectivity index is 1.48. The fraction of sp³-hybridized carbons (Fsp3) is 0.250. The molecule has 3 aromatic rings. The summed E-state index contributed by atoms with van der Waals surface area (Å²) in [6, 6.07) is 11.7. The van der Waals surface area contributed by atoms with Gasteiger partial charge >= 0.3 is 0 Å². The minimum absolute atomic E-state index is 0.00319. The van der Waals surface area contributed by atoms with Gasteiger partial charge in [-0.3, -0.25) is 4.79 Å². The van der Waals surface area contributed by atoms with Crippen LogP contribution in [-0.2, 0) is 21.3 Å². The zero-order valence-electron chi connectivity index (χ0n) is 16.1. The van der Waals surface area contributed by atoms with Crippen LogP contribution in [0.4, 0.5) is 0 Å². The fourth-order valence-electron chi connectivity index (χ4n) is 3.14. The summed E-state index contributed by atoms with van der Waals surface area (Å²) in [5.41, 5.74) is 0.901. The number of nitrogens with zero attached hydrogens (tertiary/aromatic N) is 4. The number of aromatic nitrogens is 3. The van der Waals surface area contributed by atoms with E-state index in [1.54, 1.807) is 47.5 Å². The Kier molecular flexibility index (Phi) is 5.88. The number of amides is 1. The Morgan fingerprint density at radius 3 is 2.60 bits per heavy atom. The molecule has 0 radical (unpaired) electrons. The number of benzene rings is 1. The number of morpholine rings is 1. The molecule has 1 aliphatic heterocycles. The monoisotopic (exact) mass is 427 g/mol. The van der Waals surface area contributed by atoms with E-state index in [2.05, 4.69) is 15.4 Å². The third kappa shape index (κ3) is 4.25. The molecule has 1 N–H and O–H groups in total. The number of hydrogen-bond acceptors (Lipinski definition) is 6. The van der Waals surface area contributed by atoms with Crippen molar-refractivity contribution in [3.63, 3.8) is 0 Å². The lowest BCUT2D eigenvalue weighted by Gasteiger charge is -2.26. The molecule has 30 heavy (non-hydrogen) atoms. The SMILES string of the molecule is O=C(NCc1ccc(-n2cccn2)nc1)c1ccccc1S(=O)(=O)N1CCOCC1. The van der Waals surface area contributed by atoms with Crippen molar-refractivity contribution < 1.29 is 17.9 Å². The lowest BCUT2D eigenvalue weighted by Crippen LogP contribution is -2.41. The molecule has 4 rings (SSSR count). The van der Waals surface area contributed by atoms with Gasteiger partial charge in [0.15, 0.2) is 5.82 Å². The van der Waals surface area contributed by atoms with Crippen molar-refractivity contribution in [3.05, 3.63) is 72.2 Å². The maximum Gasteiger partial charge on any atom is 0.252 e. The van der Waals surface area contributed by atoms with Gasteiger partial charge in [0, 0.05) is 38.2 Å². The Morgan fingerprint density at radius 2 is 1.90 bits per heavy atom. The van der Waals surface area contributed by atoms with E-state index in [-0.39, 0.29) is 30.1 Å². The van der Waals surface area contributed by atoms with Crippen LogP contribution in [0.1, 0.15) is 15.9 Å². The summed E-state index contributed by atoms with van der Waals surface area (Å²) >= 11 is 0. The van der Waals surface area contributed by atoms with Crippen LogP contribution < -0.4 is 5.32 Å². The maximum absolute atomic E-state index is 13.0. The Morgan fingerprint density at radius 1 is 1.10 bits per heavy atom. The van der Waals surface area contributed by atoms with E-state index in [1.165, 1.54) is 16.4 Å². The highest BCUT2D eigenvalue weighted by Crippen LogP contribution is 2.21. The molecule has 0 saturated carbocycles. The lowest BCUT2D eigenvalue weighted by atomic mass is 10.2. The van der Waals surface area contributed by atoms with Crippen molar-refractivity contribution in [1.29, 1.82) is 0 Å². The first-order valence-corrected chi connectivity index (χ1v) is 10.9. The molecule has 10 heteroatoms. The molecule has 9 nitrogen and oxygen atoms in total. The van der Waals surface area contributed by atoms with Gasteiger partial charge in [-0.2, -0.15) is 9.40 Å². The zero-order chi connectivity index (χ0) is 21.0. The molecule has 3 heterocycles. The minimum Gasteiger partial charge on any atom is -0.379 e. The standard InChI is InChI=1S/C20H21N5O4S/c26-20(22-15-16-6-7-19(21-14-16)25-9-3-8-23-25)17-4-1-2-5-18(17)30(27,28)24-10-12-29-13-11-24/h1-9,14H,10-13,15H2,(H,22,26). The number of pyridine rings is 1. The third-order valence-electron chi connectivity index (χ3n) is 4.72. The molecule has 1 saturated heterocycles. The van der Waals surface area contributed by atoms with Crippen LogP contribution in [0.2, 0.25) is 0 Å². The van der Waals surface area contributed by atoms with Crippen molar-refractivity contribution in [1.82, 2.24) is 24.4 Å². The Bertz CT molecular complexity index is 1110. The molecule has 0 unspecified atom stereocenters. The number of sulfonamides is 1.